The van der Waals surface area contributed by atoms with E-state index in [4.69, 9.17) is 22.1 Å². The third kappa shape index (κ3) is 6.52. The lowest BCUT2D eigenvalue weighted by Crippen LogP contribution is -2.46. The number of nitrogens with one attached hydrogen (secondary N) is 1. The summed E-state index contributed by atoms with van der Waals surface area (Å²) < 4.78 is 49.5. The van der Waals surface area contributed by atoms with Gasteiger partial charge in [0, 0.05) is 35.8 Å². The second kappa shape index (κ2) is 12.2. The summed E-state index contributed by atoms with van der Waals surface area (Å²) >= 11 is 6.24. The molecule has 5 rings (SSSR count). The zero-order valence-electron chi connectivity index (χ0n) is 24.0. The lowest BCUT2D eigenvalue weighted by molar-refractivity contribution is -0.198. The number of aliphatic carboxylic acids is 1. The van der Waals surface area contributed by atoms with Gasteiger partial charge in [0.1, 0.15) is 11.9 Å². The Morgan fingerprint density at radius 1 is 1.19 bits per heavy atom. The number of aromatic nitrogens is 2. The average molecular weight is 618 g/mol. The maximum atomic E-state index is 14.6. The number of alkyl halides is 3. The number of benzene rings is 2. The van der Waals surface area contributed by atoms with Crippen molar-refractivity contribution < 1.29 is 27.8 Å². The fourth-order valence-electron chi connectivity index (χ4n) is 6.52. The van der Waals surface area contributed by atoms with E-state index in [2.05, 4.69) is 15.3 Å². The molecular formula is C31H35ClF3N5O3. The van der Waals surface area contributed by atoms with Gasteiger partial charge < -0.3 is 25.8 Å². The fraction of sp³-hybridized carbons (Fsp3) is 0.452. The molecule has 12 heteroatoms. The molecule has 0 saturated carbocycles. The molecule has 2 aliphatic heterocycles. The van der Waals surface area contributed by atoms with Crippen LogP contribution in [0.3, 0.4) is 0 Å². The molecule has 0 bridgehead atoms. The number of hydrogen-bond donors (Lipinski definition) is 3. The number of carboxylic acid groups (broad SMARTS) is 1. The molecule has 43 heavy (non-hydrogen) atoms. The van der Waals surface area contributed by atoms with Gasteiger partial charge in [-0.25, -0.2) is 0 Å². The van der Waals surface area contributed by atoms with Crippen LogP contribution in [0, 0.1) is 5.41 Å². The molecule has 2 unspecified atom stereocenters. The van der Waals surface area contributed by atoms with Crippen LogP contribution in [0.15, 0.2) is 48.5 Å². The molecule has 1 spiro atoms. The summed E-state index contributed by atoms with van der Waals surface area (Å²) in [6.07, 6.45) is -3.66. The fourth-order valence-corrected chi connectivity index (χ4v) is 6.69. The monoisotopic (exact) mass is 617 g/mol. The van der Waals surface area contributed by atoms with E-state index in [-0.39, 0.29) is 28.8 Å². The number of aryl methyl sites for hydroxylation is 1. The molecule has 2 aromatic carbocycles. The highest BCUT2D eigenvalue weighted by Crippen LogP contribution is 2.46. The molecule has 2 fully saturated rings. The number of piperidine rings is 1. The Labute approximate surface area is 253 Å². The summed E-state index contributed by atoms with van der Waals surface area (Å²) in [5, 5.41) is 13.1. The average Bonchev–Trinajstić information content (AvgIpc) is 3.33. The predicted octanol–water partition coefficient (Wildman–Crippen LogP) is 6.44. The van der Waals surface area contributed by atoms with Gasteiger partial charge in [0.25, 0.3) is 0 Å². The number of carbonyl (C=O) groups is 1. The Balaban J connectivity index is 1.42. The van der Waals surface area contributed by atoms with E-state index in [1.54, 1.807) is 12.1 Å². The van der Waals surface area contributed by atoms with Gasteiger partial charge in [-0.05, 0) is 66.3 Å². The van der Waals surface area contributed by atoms with Crippen LogP contribution >= 0.6 is 11.6 Å². The highest BCUT2D eigenvalue weighted by Gasteiger charge is 2.50. The molecule has 2 saturated heterocycles. The van der Waals surface area contributed by atoms with E-state index in [1.165, 1.54) is 24.3 Å². The van der Waals surface area contributed by atoms with Crippen molar-refractivity contribution in [3.8, 4) is 17.0 Å². The van der Waals surface area contributed by atoms with Crippen molar-refractivity contribution in [3.05, 3.63) is 64.7 Å². The molecule has 0 radical (unpaired) electrons. The minimum Gasteiger partial charge on any atom is -0.480 e. The van der Waals surface area contributed by atoms with Crippen LogP contribution < -0.4 is 20.7 Å². The first kappa shape index (κ1) is 30.9. The van der Waals surface area contributed by atoms with Crippen molar-refractivity contribution in [3.63, 3.8) is 0 Å². The third-order valence-corrected chi connectivity index (χ3v) is 8.96. The lowest BCUT2D eigenvalue weighted by atomic mass is 9.71. The van der Waals surface area contributed by atoms with Crippen LogP contribution in [0.2, 0.25) is 5.02 Å². The maximum Gasteiger partial charge on any atom is 0.429 e. The van der Waals surface area contributed by atoms with E-state index in [0.29, 0.717) is 54.3 Å². The Bertz CT molecular complexity index is 1480. The van der Waals surface area contributed by atoms with Crippen LogP contribution in [0.25, 0.3) is 11.1 Å². The zero-order chi connectivity index (χ0) is 30.9. The minimum atomic E-state index is -4.78. The number of nitrogens with zero attached hydrogens (tertiary/aromatic N) is 3. The molecule has 1 aromatic heterocycles. The summed E-state index contributed by atoms with van der Waals surface area (Å²) in [6.45, 7) is 5.09. The lowest BCUT2D eigenvalue weighted by Gasteiger charge is -2.43. The minimum absolute atomic E-state index is 0.0734. The largest absolute Gasteiger partial charge is 0.480 e. The third-order valence-electron chi connectivity index (χ3n) is 8.73. The molecule has 3 aromatic rings. The van der Waals surface area contributed by atoms with E-state index >= 15 is 0 Å². The van der Waals surface area contributed by atoms with Crippen LogP contribution in [-0.4, -0.2) is 52.4 Å². The second-order valence-electron chi connectivity index (χ2n) is 11.3. The van der Waals surface area contributed by atoms with Crippen molar-refractivity contribution in [2.24, 2.45) is 5.41 Å². The molecule has 3 atom stereocenters. The highest BCUT2D eigenvalue weighted by molar-refractivity contribution is 6.30. The van der Waals surface area contributed by atoms with Gasteiger partial charge in [0.05, 0.1) is 0 Å². The van der Waals surface area contributed by atoms with Crippen molar-refractivity contribution >= 4 is 29.3 Å². The standard InChI is InChI=1S/C31H35ClF3N5O3/c1-3-18-6-5-7-19(14-18)22-15-20(32)8-9-21(22)27(31(33,34)35)43-26-16-25(38-29(36)39-26)40-12-10-30(11-13-40)17-23(28(41)42)37-24(30)4-2/h5-9,14-16,23-24,27,37H,3-4,10-13,17H2,1-2H3,(H,41,42)(H2,36,38,39)/t23?,24?,27-/m1/s1. The number of carboxylic acids is 1. The topological polar surface area (TPSA) is 114 Å². The summed E-state index contributed by atoms with van der Waals surface area (Å²) in [5.41, 5.74) is 7.57. The zero-order valence-corrected chi connectivity index (χ0v) is 24.8. The Morgan fingerprint density at radius 2 is 1.93 bits per heavy atom. The van der Waals surface area contributed by atoms with Crippen molar-refractivity contribution in [1.82, 2.24) is 15.3 Å². The van der Waals surface area contributed by atoms with E-state index in [0.717, 1.165) is 18.4 Å². The number of nitrogens with two attached hydrogens (primary N) is 1. The summed E-state index contributed by atoms with van der Waals surface area (Å²) in [7, 11) is 0. The summed E-state index contributed by atoms with van der Waals surface area (Å²) in [5.74, 6) is -1.00. The Kier molecular flexibility index (Phi) is 8.76. The van der Waals surface area contributed by atoms with Crippen molar-refractivity contribution in [2.75, 3.05) is 23.7 Å². The molecule has 3 heterocycles. The first-order chi connectivity index (χ1) is 20.4. The highest BCUT2D eigenvalue weighted by atomic mass is 35.5. The number of anilines is 2. The molecule has 0 aliphatic carbocycles. The van der Waals surface area contributed by atoms with E-state index in [1.807, 2.05) is 30.9 Å². The van der Waals surface area contributed by atoms with Gasteiger partial charge in [0.2, 0.25) is 17.9 Å². The van der Waals surface area contributed by atoms with Gasteiger partial charge in [-0.2, -0.15) is 23.1 Å². The SMILES string of the molecule is CCc1cccc(-c2cc(Cl)ccc2[C@@H](Oc2cc(N3CCC4(CC3)CC(C(=O)O)NC4CC)nc(N)n2)C(F)(F)F)c1. The number of nitrogen functional groups attached to an aromatic ring is 1. The van der Waals surface area contributed by atoms with Gasteiger partial charge in [-0.3, -0.25) is 4.79 Å². The molecule has 2 aliphatic rings. The Hall–Kier alpha value is -3.57. The first-order valence-electron chi connectivity index (χ1n) is 14.4. The van der Waals surface area contributed by atoms with Gasteiger partial charge in [0.15, 0.2) is 0 Å². The molecule has 230 valence electrons. The summed E-state index contributed by atoms with van der Waals surface area (Å²) in [4.78, 5) is 21.9. The number of hydrogen-bond acceptors (Lipinski definition) is 7. The second-order valence-corrected chi connectivity index (χ2v) is 11.8. The first-order valence-corrected chi connectivity index (χ1v) is 14.8. The Morgan fingerprint density at radius 3 is 2.58 bits per heavy atom. The number of rotatable bonds is 8. The number of ether oxygens (including phenoxy) is 1. The maximum absolute atomic E-state index is 14.6. The smallest absolute Gasteiger partial charge is 0.429 e. The van der Waals surface area contributed by atoms with Crippen LogP contribution in [-0.2, 0) is 11.2 Å². The molecule has 4 N–H and O–H groups in total. The normalized spacial score (nSPS) is 20.7. The van der Waals surface area contributed by atoms with Crippen molar-refractivity contribution in [1.29, 1.82) is 0 Å². The van der Waals surface area contributed by atoms with Crippen LogP contribution in [0.5, 0.6) is 5.88 Å². The predicted molar refractivity (Wildman–Crippen MR) is 159 cm³/mol. The van der Waals surface area contributed by atoms with E-state index in [9.17, 15) is 23.1 Å². The quantitative estimate of drug-likeness (QED) is 0.265. The number of halogens is 4. The molecule has 0 amide bonds. The van der Waals surface area contributed by atoms with Gasteiger partial charge in [-0.1, -0.05) is 55.8 Å². The summed E-state index contributed by atoms with van der Waals surface area (Å²) in [6, 6.07) is 12.4. The van der Waals surface area contributed by atoms with E-state index < -0.39 is 24.3 Å². The van der Waals surface area contributed by atoms with Crippen molar-refractivity contribution in [2.45, 2.75) is 70.3 Å². The molecular weight excluding hydrogens is 583 g/mol. The van der Waals surface area contributed by atoms with Crippen LogP contribution in [0.4, 0.5) is 24.9 Å². The van der Waals surface area contributed by atoms with Gasteiger partial charge in [-0.15, -0.1) is 0 Å². The molecule has 8 nitrogen and oxygen atoms in total. The van der Waals surface area contributed by atoms with Crippen LogP contribution in [0.1, 0.15) is 56.8 Å². The van der Waals surface area contributed by atoms with Gasteiger partial charge >= 0.3 is 12.1 Å².